The van der Waals surface area contributed by atoms with Crippen molar-refractivity contribution in [2.24, 2.45) is 0 Å². The fraction of sp³-hybridized carbons (Fsp3) is 0.467. The van der Waals surface area contributed by atoms with Crippen molar-refractivity contribution in [2.45, 2.75) is 31.7 Å². The van der Waals surface area contributed by atoms with Gasteiger partial charge in [0.1, 0.15) is 5.54 Å². The van der Waals surface area contributed by atoms with Gasteiger partial charge in [-0.05, 0) is 18.4 Å². The van der Waals surface area contributed by atoms with Crippen LogP contribution in [-0.2, 0) is 20.7 Å². The van der Waals surface area contributed by atoms with Gasteiger partial charge in [-0.1, -0.05) is 30.3 Å². The second-order valence-electron chi connectivity index (χ2n) is 4.96. The van der Waals surface area contributed by atoms with Crippen LogP contribution in [0.5, 0.6) is 0 Å². The molecule has 2 rings (SSSR count). The van der Waals surface area contributed by atoms with Gasteiger partial charge in [0.05, 0.1) is 7.11 Å². The molecule has 1 atom stereocenters. The molecular formula is C15H19NO3. The maximum Gasteiger partial charge on any atom is 0.332 e. The SMILES string of the molecule is COC(=O)C1(Cc2ccccc2)CCCN1C(C)=O. The van der Waals surface area contributed by atoms with E-state index in [1.807, 2.05) is 30.3 Å². The minimum absolute atomic E-state index is 0.0705. The van der Waals surface area contributed by atoms with Gasteiger partial charge in [-0.3, -0.25) is 4.79 Å². The second-order valence-corrected chi connectivity index (χ2v) is 4.96. The van der Waals surface area contributed by atoms with Crippen molar-refractivity contribution in [3.63, 3.8) is 0 Å². The Hall–Kier alpha value is -1.84. The summed E-state index contributed by atoms with van der Waals surface area (Å²) in [5.74, 6) is -0.386. The van der Waals surface area contributed by atoms with Crippen molar-refractivity contribution >= 4 is 11.9 Å². The highest BCUT2D eigenvalue weighted by Gasteiger charge is 2.49. The number of likely N-dealkylation sites (tertiary alicyclic amines) is 1. The molecular weight excluding hydrogens is 242 g/mol. The quantitative estimate of drug-likeness (QED) is 0.779. The van der Waals surface area contributed by atoms with Gasteiger partial charge < -0.3 is 9.64 Å². The lowest BCUT2D eigenvalue weighted by Crippen LogP contribution is -2.54. The number of esters is 1. The van der Waals surface area contributed by atoms with Crippen LogP contribution < -0.4 is 0 Å². The Morgan fingerprint density at radius 3 is 2.58 bits per heavy atom. The zero-order valence-electron chi connectivity index (χ0n) is 11.4. The molecule has 4 nitrogen and oxygen atoms in total. The highest BCUT2D eigenvalue weighted by Crippen LogP contribution is 2.34. The predicted molar refractivity (Wildman–Crippen MR) is 71.5 cm³/mol. The molecule has 1 aromatic rings. The van der Waals surface area contributed by atoms with E-state index in [-0.39, 0.29) is 11.9 Å². The van der Waals surface area contributed by atoms with E-state index in [2.05, 4.69) is 0 Å². The molecule has 1 aliphatic heterocycles. The number of amides is 1. The topological polar surface area (TPSA) is 46.6 Å². The Morgan fingerprint density at radius 1 is 1.32 bits per heavy atom. The summed E-state index contributed by atoms with van der Waals surface area (Å²) in [4.78, 5) is 25.7. The van der Waals surface area contributed by atoms with E-state index in [0.717, 1.165) is 12.0 Å². The van der Waals surface area contributed by atoms with Crippen molar-refractivity contribution in [1.82, 2.24) is 4.90 Å². The molecule has 1 saturated heterocycles. The van der Waals surface area contributed by atoms with E-state index in [1.54, 1.807) is 4.90 Å². The zero-order chi connectivity index (χ0) is 13.9. The number of benzene rings is 1. The number of hydrogen-bond donors (Lipinski definition) is 0. The van der Waals surface area contributed by atoms with Crippen molar-refractivity contribution in [1.29, 1.82) is 0 Å². The van der Waals surface area contributed by atoms with Crippen LogP contribution >= 0.6 is 0 Å². The van der Waals surface area contributed by atoms with Gasteiger partial charge in [0, 0.05) is 19.9 Å². The molecule has 1 unspecified atom stereocenters. The molecule has 19 heavy (non-hydrogen) atoms. The Kier molecular flexibility index (Phi) is 3.88. The van der Waals surface area contributed by atoms with Crippen molar-refractivity contribution < 1.29 is 14.3 Å². The van der Waals surface area contributed by atoms with Crippen LogP contribution in [0.15, 0.2) is 30.3 Å². The molecule has 0 N–H and O–H groups in total. The van der Waals surface area contributed by atoms with Crippen LogP contribution in [0, 0.1) is 0 Å². The smallest absolute Gasteiger partial charge is 0.332 e. The number of hydrogen-bond acceptors (Lipinski definition) is 3. The molecule has 1 heterocycles. The third kappa shape index (κ3) is 2.48. The summed E-state index contributed by atoms with van der Waals surface area (Å²) >= 11 is 0. The average Bonchev–Trinajstić information content (AvgIpc) is 2.84. The first-order valence-corrected chi connectivity index (χ1v) is 6.51. The molecule has 1 aromatic carbocycles. The fourth-order valence-electron chi connectivity index (χ4n) is 2.93. The van der Waals surface area contributed by atoms with E-state index in [9.17, 15) is 9.59 Å². The van der Waals surface area contributed by atoms with E-state index >= 15 is 0 Å². The number of rotatable bonds is 3. The van der Waals surface area contributed by atoms with Crippen LogP contribution in [0.4, 0.5) is 0 Å². The van der Waals surface area contributed by atoms with Crippen LogP contribution in [0.1, 0.15) is 25.3 Å². The van der Waals surface area contributed by atoms with Crippen LogP contribution in [0.3, 0.4) is 0 Å². The average molecular weight is 261 g/mol. The van der Waals surface area contributed by atoms with Gasteiger partial charge in [0.2, 0.25) is 5.91 Å². The van der Waals surface area contributed by atoms with Gasteiger partial charge in [-0.25, -0.2) is 4.79 Å². The molecule has 1 fully saturated rings. The molecule has 0 bridgehead atoms. The van der Waals surface area contributed by atoms with Crippen molar-refractivity contribution in [3.05, 3.63) is 35.9 Å². The highest BCUT2D eigenvalue weighted by atomic mass is 16.5. The molecule has 102 valence electrons. The summed E-state index contributed by atoms with van der Waals surface area (Å²) in [5.41, 5.74) is 0.211. The second kappa shape index (κ2) is 5.43. The number of ether oxygens (including phenoxy) is 1. The molecule has 1 aliphatic rings. The molecule has 0 saturated carbocycles. The summed E-state index contributed by atoms with van der Waals surface area (Å²) in [7, 11) is 1.38. The van der Waals surface area contributed by atoms with Crippen molar-refractivity contribution in [2.75, 3.05) is 13.7 Å². The van der Waals surface area contributed by atoms with E-state index < -0.39 is 5.54 Å². The number of nitrogens with zero attached hydrogens (tertiary/aromatic N) is 1. The molecule has 0 aromatic heterocycles. The summed E-state index contributed by atoms with van der Waals surface area (Å²) in [6, 6.07) is 9.76. The number of carbonyl (C=O) groups excluding carboxylic acids is 2. The molecule has 0 radical (unpaired) electrons. The third-order valence-electron chi connectivity index (χ3n) is 3.77. The van der Waals surface area contributed by atoms with Gasteiger partial charge in [-0.15, -0.1) is 0 Å². The first-order valence-electron chi connectivity index (χ1n) is 6.51. The lowest BCUT2D eigenvalue weighted by molar-refractivity contribution is -0.158. The third-order valence-corrected chi connectivity index (χ3v) is 3.77. The van der Waals surface area contributed by atoms with Crippen molar-refractivity contribution in [3.8, 4) is 0 Å². The maximum atomic E-state index is 12.2. The first-order chi connectivity index (χ1) is 9.10. The van der Waals surface area contributed by atoms with Crippen LogP contribution in [0.2, 0.25) is 0 Å². The fourth-order valence-corrected chi connectivity index (χ4v) is 2.93. The molecule has 4 heteroatoms. The summed E-state index contributed by atoms with van der Waals surface area (Å²) in [6.07, 6.45) is 2.01. The molecule has 1 amide bonds. The Bertz CT molecular complexity index is 472. The number of methoxy groups -OCH3 is 1. The van der Waals surface area contributed by atoms with E-state index in [0.29, 0.717) is 19.4 Å². The highest BCUT2D eigenvalue weighted by molar-refractivity contribution is 5.88. The van der Waals surface area contributed by atoms with Crippen LogP contribution in [-0.4, -0.2) is 36.0 Å². The predicted octanol–water partition coefficient (Wildman–Crippen LogP) is 1.78. The number of carbonyl (C=O) groups is 2. The Labute approximate surface area is 113 Å². The lowest BCUT2D eigenvalue weighted by Gasteiger charge is -2.35. The summed E-state index contributed by atoms with van der Waals surface area (Å²) in [5, 5.41) is 0. The largest absolute Gasteiger partial charge is 0.467 e. The standard InChI is InChI=1S/C15H19NO3/c1-12(17)16-10-6-9-15(16,14(18)19-2)11-13-7-4-3-5-8-13/h3-5,7-8H,6,9-11H2,1-2H3. The summed E-state index contributed by atoms with van der Waals surface area (Å²) in [6.45, 7) is 2.13. The lowest BCUT2D eigenvalue weighted by atomic mass is 9.88. The monoisotopic (exact) mass is 261 g/mol. The summed E-state index contributed by atoms with van der Waals surface area (Å²) < 4.78 is 4.96. The zero-order valence-corrected chi connectivity index (χ0v) is 11.4. The van der Waals surface area contributed by atoms with Gasteiger partial charge in [-0.2, -0.15) is 0 Å². The van der Waals surface area contributed by atoms with Gasteiger partial charge >= 0.3 is 5.97 Å². The van der Waals surface area contributed by atoms with E-state index in [1.165, 1.54) is 14.0 Å². The van der Waals surface area contributed by atoms with Crippen LogP contribution in [0.25, 0.3) is 0 Å². The van der Waals surface area contributed by atoms with Gasteiger partial charge in [0.25, 0.3) is 0 Å². The minimum Gasteiger partial charge on any atom is -0.467 e. The molecule has 0 spiro atoms. The Morgan fingerprint density at radius 2 is 2.00 bits per heavy atom. The molecule has 0 aliphatic carbocycles. The minimum atomic E-state index is -0.831. The first kappa shape index (κ1) is 13.6. The normalized spacial score (nSPS) is 22.3. The Balaban J connectivity index is 2.35. The maximum absolute atomic E-state index is 12.2. The van der Waals surface area contributed by atoms with E-state index in [4.69, 9.17) is 4.74 Å². The van der Waals surface area contributed by atoms with Gasteiger partial charge in [0.15, 0.2) is 0 Å².